The molecule has 3 N–H and O–H groups in total. The Morgan fingerprint density at radius 2 is 2.17 bits per heavy atom. The van der Waals surface area contributed by atoms with Crippen LogP contribution in [-0.2, 0) is 4.79 Å². The molecule has 0 aliphatic rings. The Kier molecular flexibility index (Phi) is 3.27. The van der Waals surface area contributed by atoms with Crippen LogP contribution in [0, 0.1) is 0 Å². The van der Waals surface area contributed by atoms with Crippen LogP contribution >= 0.6 is 0 Å². The van der Waals surface area contributed by atoms with Crippen LogP contribution in [0.2, 0.25) is 0 Å². The van der Waals surface area contributed by atoms with E-state index in [-0.39, 0.29) is 5.76 Å². The third kappa shape index (κ3) is 2.17. The lowest BCUT2D eigenvalue weighted by atomic mass is 10.2. The number of hydrogen-bond acceptors (Lipinski definition) is 4. The molecule has 6 nitrogen and oxygen atoms in total. The highest BCUT2D eigenvalue weighted by Crippen LogP contribution is 2.17. The molecule has 2 aromatic rings. The Balaban J connectivity index is 2.26. The molecule has 1 unspecified atom stereocenters. The van der Waals surface area contributed by atoms with Gasteiger partial charge in [0.1, 0.15) is 11.6 Å². The highest BCUT2D eigenvalue weighted by atomic mass is 16.5. The van der Waals surface area contributed by atoms with E-state index in [2.05, 4.69) is 10.5 Å². The summed E-state index contributed by atoms with van der Waals surface area (Å²) in [5, 5.41) is 6.88. The van der Waals surface area contributed by atoms with E-state index in [4.69, 9.17) is 10.3 Å². The lowest BCUT2D eigenvalue weighted by Gasteiger charge is -2.11. The van der Waals surface area contributed by atoms with E-state index in [0.717, 1.165) is 0 Å². The van der Waals surface area contributed by atoms with Crippen molar-refractivity contribution < 1.29 is 14.1 Å². The van der Waals surface area contributed by atoms with Gasteiger partial charge in [-0.15, -0.1) is 0 Å². The van der Waals surface area contributed by atoms with Crippen molar-refractivity contribution in [3.05, 3.63) is 30.0 Å². The van der Waals surface area contributed by atoms with Crippen molar-refractivity contribution in [2.45, 2.75) is 19.4 Å². The van der Waals surface area contributed by atoms with Crippen LogP contribution in [0.3, 0.4) is 0 Å². The van der Waals surface area contributed by atoms with E-state index in [1.165, 1.54) is 0 Å². The molecule has 0 bridgehead atoms. The van der Waals surface area contributed by atoms with Crippen LogP contribution in [0.1, 0.15) is 23.9 Å². The number of aromatic nitrogens is 1. The number of fused-ring (bicyclic) bond motifs is 1. The largest absolute Gasteiger partial charge is 0.368 e. The number of primary amides is 1. The van der Waals surface area contributed by atoms with Crippen LogP contribution in [0.5, 0.6) is 0 Å². The van der Waals surface area contributed by atoms with Gasteiger partial charge in [-0.2, -0.15) is 0 Å². The molecule has 94 valence electrons. The SMILES string of the molecule is CCC(NC(=O)c1onc2ccccc12)C(N)=O. The standard InChI is InChI=1S/C12H13N3O3/c1-2-8(11(13)16)14-12(17)10-7-5-3-4-6-9(7)15-18-10/h3-6,8H,2H2,1H3,(H2,13,16)(H,14,17). The summed E-state index contributed by atoms with van der Waals surface area (Å²) in [4.78, 5) is 23.0. The van der Waals surface area contributed by atoms with Crippen LogP contribution in [0.4, 0.5) is 0 Å². The third-order valence-electron chi connectivity index (χ3n) is 2.65. The third-order valence-corrected chi connectivity index (χ3v) is 2.65. The van der Waals surface area contributed by atoms with Crippen LogP contribution in [0.15, 0.2) is 28.8 Å². The molecular weight excluding hydrogens is 234 g/mol. The predicted molar refractivity (Wildman–Crippen MR) is 64.7 cm³/mol. The van der Waals surface area contributed by atoms with E-state index < -0.39 is 17.9 Å². The summed E-state index contributed by atoms with van der Waals surface area (Å²) in [5.41, 5.74) is 5.75. The molecule has 1 heterocycles. The highest BCUT2D eigenvalue weighted by molar-refractivity contribution is 6.04. The zero-order chi connectivity index (χ0) is 13.1. The maximum Gasteiger partial charge on any atom is 0.291 e. The van der Waals surface area contributed by atoms with Crippen molar-refractivity contribution in [3.8, 4) is 0 Å². The second kappa shape index (κ2) is 4.87. The monoisotopic (exact) mass is 247 g/mol. The molecule has 0 aliphatic heterocycles. The van der Waals surface area contributed by atoms with Gasteiger partial charge in [-0.1, -0.05) is 24.2 Å². The highest BCUT2D eigenvalue weighted by Gasteiger charge is 2.21. The van der Waals surface area contributed by atoms with E-state index in [0.29, 0.717) is 17.3 Å². The van der Waals surface area contributed by atoms with Gasteiger partial charge >= 0.3 is 0 Å². The van der Waals surface area contributed by atoms with Gasteiger partial charge in [-0.25, -0.2) is 0 Å². The maximum atomic E-state index is 11.9. The van der Waals surface area contributed by atoms with E-state index in [1.807, 2.05) is 0 Å². The Labute approximate surface area is 103 Å². The van der Waals surface area contributed by atoms with Gasteiger partial charge < -0.3 is 15.6 Å². The molecule has 0 saturated carbocycles. The Hall–Kier alpha value is -2.37. The molecule has 0 saturated heterocycles. The summed E-state index contributed by atoms with van der Waals surface area (Å²) >= 11 is 0. The summed E-state index contributed by atoms with van der Waals surface area (Å²) in [5.74, 6) is -0.977. The molecule has 6 heteroatoms. The quantitative estimate of drug-likeness (QED) is 0.835. The molecule has 0 fully saturated rings. The number of amides is 2. The van der Waals surface area contributed by atoms with Crippen molar-refractivity contribution in [1.82, 2.24) is 10.5 Å². The van der Waals surface area contributed by atoms with Gasteiger partial charge in [-0.3, -0.25) is 9.59 Å². The van der Waals surface area contributed by atoms with Gasteiger partial charge in [0.15, 0.2) is 0 Å². The Morgan fingerprint density at radius 3 is 2.83 bits per heavy atom. The lowest BCUT2D eigenvalue weighted by Crippen LogP contribution is -2.43. The molecule has 18 heavy (non-hydrogen) atoms. The normalized spacial score (nSPS) is 12.3. The zero-order valence-corrected chi connectivity index (χ0v) is 9.84. The number of carbonyl (C=O) groups is 2. The first-order valence-electron chi connectivity index (χ1n) is 5.58. The number of nitrogens with one attached hydrogen (secondary N) is 1. The first-order chi connectivity index (χ1) is 8.63. The van der Waals surface area contributed by atoms with Crippen molar-refractivity contribution >= 4 is 22.7 Å². The molecule has 0 spiro atoms. The van der Waals surface area contributed by atoms with Crippen molar-refractivity contribution in [2.75, 3.05) is 0 Å². The summed E-state index contributed by atoms with van der Waals surface area (Å²) in [7, 11) is 0. The Morgan fingerprint density at radius 1 is 1.44 bits per heavy atom. The molecule has 2 amide bonds. The first kappa shape index (κ1) is 12.1. The number of hydrogen-bond donors (Lipinski definition) is 2. The number of rotatable bonds is 4. The van der Waals surface area contributed by atoms with E-state index in [9.17, 15) is 9.59 Å². The van der Waals surface area contributed by atoms with Gasteiger partial charge in [0.05, 0.1) is 5.39 Å². The van der Waals surface area contributed by atoms with Gasteiger partial charge in [0.2, 0.25) is 11.7 Å². The minimum Gasteiger partial charge on any atom is -0.368 e. The van der Waals surface area contributed by atoms with Crippen molar-refractivity contribution in [1.29, 1.82) is 0 Å². The van der Waals surface area contributed by atoms with Crippen LogP contribution in [-0.4, -0.2) is 23.0 Å². The fourth-order valence-corrected chi connectivity index (χ4v) is 1.65. The summed E-state index contributed by atoms with van der Waals surface area (Å²) < 4.78 is 4.99. The Bertz CT molecular complexity index is 591. The van der Waals surface area contributed by atoms with Crippen LogP contribution < -0.4 is 11.1 Å². The fourth-order valence-electron chi connectivity index (χ4n) is 1.65. The van der Waals surface area contributed by atoms with E-state index in [1.54, 1.807) is 31.2 Å². The molecule has 1 aromatic carbocycles. The minimum atomic E-state index is -0.707. The van der Waals surface area contributed by atoms with Crippen molar-refractivity contribution in [3.63, 3.8) is 0 Å². The first-order valence-corrected chi connectivity index (χ1v) is 5.58. The lowest BCUT2D eigenvalue weighted by molar-refractivity contribution is -0.119. The summed E-state index contributed by atoms with van der Waals surface area (Å²) in [6, 6.07) is 6.33. The molecule has 0 radical (unpaired) electrons. The van der Waals surface area contributed by atoms with Crippen LogP contribution in [0.25, 0.3) is 10.9 Å². The summed E-state index contributed by atoms with van der Waals surface area (Å²) in [6.07, 6.45) is 0.424. The number of carbonyl (C=O) groups excluding carboxylic acids is 2. The molecule has 2 rings (SSSR count). The molecule has 1 aromatic heterocycles. The topological polar surface area (TPSA) is 98.2 Å². The fraction of sp³-hybridized carbons (Fsp3) is 0.250. The molecule has 1 atom stereocenters. The molecule has 0 aliphatic carbocycles. The average Bonchev–Trinajstić information content (AvgIpc) is 2.79. The summed E-state index contributed by atoms with van der Waals surface area (Å²) in [6.45, 7) is 1.76. The van der Waals surface area contributed by atoms with Gasteiger partial charge in [0, 0.05) is 0 Å². The van der Waals surface area contributed by atoms with Gasteiger partial charge in [-0.05, 0) is 18.6 Å². The maximum absolute atomic E-state index is 11.9. The molecular formula is C12H13N3O3. The predicted octanol–water partition coefficient (Wildman–Crippen LogP) is 0.822. The van der Waals surface area contributed by atoms with Gasteiger partial charge in [0.25, 0.3) is 5.91 Å². The number of nitrogens with zero attached hydrogens (tertiary/aromatic N) is 1. The zero-order valence-electron chi connectivity index (χ0n) is 9.84. The number of benzene rings is 1. The van der Waals surface area contributed by atoms with Crippen molar-refractivity contribution in [2.24, 2.45) is 5.73 Å². The second-order valence-electron chi connectivity index (χ2n) is 3.87. The van der Waals surface area contributed by atoms with E-state index >= 15 is 0 Å². The average molecular weight is 247 g/mol. The smallest absolute Gasteiger partial charge is 0.291 e. The second-order valence-corrected chi connectivity index (χ2v) is 3.87. The minimum absolute atomic E-state index is 0.0882. The number of nitrogens with two attached hydrogens (primary N) is 1.